The zero-order chi connectivity index (χ0) is 12.6. The van der Waals surface area contributed by atoms with Gasteiger partial charge < -0.3 is 10.2 Å². The first-order valence-corrected chi connectivity index (χ1v) is 6.14. The molecule has 1 N–H and O–H groups in total. The van der Waals surface area contributed by atoms with Gasteiger partial charge in [-0.2, -0.15) is 5.10 Å². The zero-order valence-electron chi connectivity index (χ0n) is 10.6. The lowest BCUT2D eigenvalue weighted by molar-refractivity contribution is 0.811. The average Bonchev–Trinajstić information content (AvgIpc) is 2.45. The predicted octanol–water partition coefficient (Wildman–Crippen LogP) is 2.42. The summed E-state index contributed by atoms with van der Waals surface area (Å²) in [5.41, 5.74) is 1.25. The van der Waals surface area contributed by atoms with Crippen molar-refractivity contribution in [2.45, 2.75) is 6.42 Å². The molecule has 2 aromatic rings. The van der Waals surface area contributed by atoms with Crippen molar-refractivity contribution < 1.29 is 0 Å². The van der Waals surface area contributed by atoms with Crippen LogP contribution in [0.5, 0.6) is 0 Å². The summed E-state index contributed by atoms with van der Waals surface area (Å²) in [5, 5.41) is 11.1. The van der Waals surface area contributed by atoms with Gasteiger partial charge in [0, 0.05) is 32.0 Å². The number of nitrogens with zero attached hydrogens (tertiary/aromatic N) is 3. The number of para-hydroxylation sites is 1. The fourth-order valence-electron chi connectivity index (χ4n) is 1.74. The van der Waals surface area contributed by atoms with Crippen molar-refractivity contribution in [3.63, 3.8) is 0 Å². The first kappa shape index (κ1) is 12.4. The summed E-state index contributed by atoms with van der Waals surface area (Å²) in [6.07, 6.45) is 2.73. The van der Waals surface area contributed by atoms with E-state index in [-0.39, 0.29) is 0 Å². The maximum Gasteiger partial charge on any atom is 0.148 e. The van der Waals surface area contributed by atoms with Crippen molar-refractivity contribution in [3.05, 3.63) is 48.7 Å². The van der Waals surface area contributed by atoms with Gasteiger partial charge in [0.05, 0.1) is 0 Å². The second-order valence-corrected chi connectivity index (χ2v) is 4.15. The molecule has 0 radical (unpaired) electrons. The van der Waals surface area contributed by atoms with Crippen molar-refractivity contribution in [1.82, 2.24) is 10.2 Å². The fourth-order valence-corrected chi connectivity index (χ4v) is 1.74. The van der Waals surface area contributed by atoms with Gasteiger partial charge >= 0.3 is 0 Å². The molecule has 0 aliphatic carbocycles. The summed E-state index contributed by atoms with van der Waals surface area (Å²) in [5.74, 6) is 0.833. The summed E-state index contributed by atoms with van der Waals surface area (Å²) < 4.78 is 0. The van der Waals surface area contributed by atoms with E-state index in [0.29, 0.717) is 0 Å². The van der Waals surface area contributed by atoms with E-state index in [0.717, 1.165) is 25.3 Å². The Bertz CT molecular complexity index is 444. The molecule has 4 nitrogen and oxygen atoms in total. The Morgan fingerprint density at radius 1 is 1.11 bits per heavy atom. The van der Waals surface area contributed by atoms with E-state index in [2.05, 4.69) is 51.7 Å². The Labute approximate surface area is 108 Å². The Hall–Kier alpha value is -2.10. The minimum atomic E-state index is 0.833. The van der Waals surface area contributed by atoms with Gasteiger partial charge in [0.25, 0.3) is 0 Å². The number of hydrogen-bond donors (Lipinski definition) is 1. The molecule has 0 aliphatic heterocycles. The van der Waals surface area contributed by atoms with E-state index in [1.165, 1.54) is 5.69 Å². The maximum absolute atomic E-state index is 3.98. The van der Waals surface area contributed by atoms with Crippen LogP contribution in [0.1, 0.15) is 6.42 Å². The van der Waals surface area contributed by atoms with Crippen LogP contribution >= 0.6 is 0 Å². The number of benzene rings is 1. The summed E-state index contributed by atoms with van der Waals surface area (Å²) in [6.45, 7) is 1.91. The zero-order valence-corrected chi connectivity index (χ0v) is 10.6. The van der Waals surface area contributed by atoms with Gasteiger partial charge in [0.15, 0.2) is 0 Å². The van der Waals surface area contributed by atoms with Crippen LogP contribution in [0, 0.1) is 0 Å². The highest BCUT2D eigenvalue weighted by molar-refractivity contribution is 5.44. The molecule has 0 fully saturated rings. The smallest absolute Gasteiger partial charge is 0.148 e. The minimum Gasteiger partial charge on any atom is -0.375 e. The molecular formula is C14H18N4. The topological polar surface area (TPSA) is 41.0 Å². The van der Waals surface area contributed by atoms with E-state index in [4.69, 9.17) is 0 Å². The number of aromatic nitrogens is 2. The molecule has 0 unspecified atom stereocenters. The van der Waals surface area contributed by atoms with E-state index in [1.807, 2.05) is 18.2 Å². The number of rotatable bonds is 6. The fraction of sp³-hybridized carbons (Fsp3) is 0.286. The van der Waals surface area contributed by atoms with Crippen LogP contribution in [0.15, 0.2) is 48.7 Å². The highest BCUT2D eigenvalue weighted by Gasteiger charge is 1.99. The summed E-state index contributed by atoms with van der Waals surface area (Å²) in [6, 6.07) is 14.2. The predicted molar refractivity (Wildman–Crippen MR) is 74.9 cm³/mol. The SMILES string of the molecule is CN(CCCNc1cccnn1)c1ccccc1. The van der Waals surface area contributed by atoms with Crippen LogP contribution in [0.25, 0.3) is 0 Å². The third-order valence-electron chi connectivity index (χ3n) is 2.75. The third-order valence-corrected chi connectivity index (χ3v) is 2.75. The molecule has 0 spiro atoms. The van der Waals surface area contributed by atoms with E-state index < -0.39 is 0 Å². The molecule has 0 atom stereocenters. The highest BCUT2D eigenvalue weighted by atomic mass is 15.2. The van der Waals surface area contributed by atoms with Gasteiger partial charge in [-0.05, 0) is 30.7 Å². The molecule has 2 rings (SSSR count). The lowest BCUT2D eigenvalue weighted by Crippen LogP contribution is -2.20. The molecule has 0 amide bonds. The highest BCUT2D eigenvalue weighted by Crippen LogP contribution is 2.10. The first-order chi connectivity index (χ1) is 8.86. The molecule has 0 saturated carbocycles. The third kappa shape index (κ3) is 3.73. The molecule has 94 valence electrons. The second kappa shape index (κ2) is 6.59. The van der Waals surface area contributed by atoms with Gasteiger partial charge in [-0.3, -0.25) is 0 Å². The number of nitrogens with one attached hydrogen (secondary N) is 1. The van der Waals surface area contributed by atoms with Gasteiger partial charge in [-0.1, -0.05) is 18.2 Å². The maximum atomic E-state index is 3.98. The standard InChI is InChI=1S/C14H18N4/c1-18(13-7-3-2-4-8-13)12-6-10-15-14-9-5-11-16-17-14/h2-5,7-9,11H,6,10,12H2,1H3,(H,15,17). The molecule has 1 heterocycles. The minimum absolute atomic E-state index is 0.833. The molecule has 1 aromatic carbocycles. The molecule has 0 saturated heterocycles. The van der Waals surface area contributed by atoms with Gasteiger partial charge in [0.1, 0.15) is 5.82 Å². The van der Waals surface area contributed by atoms with Crippen molar-refractivity contribution in [2.24, 2.45) is 0 Å². The Morgan fingerprint density at radius 3 is 2.67 bits per heavy atom. The van der Waals surface area contributed by atoms with E-state index >= 15 is 0 Å². The lowest BCUT2D eigenvalue weighted by Gasteiger charge is -2.19. The number of anilines is 2. The largest absolute Gasteiger partial charge is 0.375 e. The van der Waals surface area contributed by atoms with Crippen LogP contribution in [-0.2, 0) is 0 Å². The van der Waals surface area contributed by atoms with Crippen LogP contribution in [-0.4, -0.2) is 30.3 Å². The average molecular weight is 242 g/mol. The Balaban J connectivity index is 1.70. The van der Waals surface area contributed by atoms with Crippen molar-refractivity contribution in [3.8, 4) is 0 Å². The molecule has 0 bridgehead atoms. The normalized spacial score (nSPS) is 10.1. The lowest BCUT2D eigenvalue weighted by atomic mass is 10.3. The Morgan fingerprint density at radius 2 is 1.94 bits per heavy atom. The van der Waals surface area contributed by atoms with Gasteiger partial charge in [-0.25, -0.2) is 0 Å². The summed E-state index contributed by atoms with van der Waals surface area (Å²) in [7, 11) is 2.11. The van der Waals surface area contributed by atoms with Crippen molar-refractivity contribution in [2.75, 3.05) is 30.4 Å². The van der Waals surface area contributed by atoms with Gasteiger partial charge in [0.2, 0.25) is 0 Å². The first-order valence-electron chi connectivity index (χ1n) is 6.14. The molecular weight excluding hydrogens is 224 g/mol. The summed E-state index contributed by atoms with van der Waals surface area (Å²) >= 11 is 0. The summed E-state index contributed by atoms with van der Waals surface area (Å²) in [4.78, 5) is 2.25. The van der Waals surface area contributed by atoms with Crippen LogP contribution in [0.3, 0.4) is 0 Å². The van der Waals surface area contributed by atoms with Crippen LogP contribution in [0.2, 0.25) is 0 Å². The van der Waals surface area contributed by atoms with Crippen molar-refractivity contribution in [1.29, 1.82) is 0 Å². The quantitative estimate of drug-likeness (QED) is 0.790. The second-order valence-electron chi connectivity index (χ2n) is 4.15. The molecule has 18 heavy (non-hydrogen) atoms. The number of hydrogen-bond acceptors (Lipinski definition) is 4. The van der Waals surface area contributed by atoms with E-state index in [9.17, 15) is 0 Å². The van der Waals surface area contributed by atoms with Crippen molar-refractivity contribution >= 4 is 11.5 Å². The Kier molecular flexibility index (Phi) is 4.53. The van der Waals surface area contributed by atoms with Crippen LogP contribution < -0.4 is 10.2 Å². The molecule has 0 aliphatic rings. The monoisotopic (exact) mass is 242 g/mol. The molecule has 4 heteroatoms. The van der Waals surface area contributed by atoms with Crippen LogP contribution in [0.4, 0.5) is 11.5 Å². The van der Waals surface area contributed by atoms with E-state index in [1.54, 1.807) is 6.20 Å². The van der Waals surface area contributed by atoms with Gasteiger partial charge in [-0.15, -0.1) is 5.10 Å². The molecule has 1 aromatic heterocycles.